The number of anilines is 2. The van der Waals surface area contributed by atoms with Crippen LogP contribution in [0.5, 0.6) is 5.75 Å². The number of imidazole rings is 1. The summed E-state index contributed by atoms with van der Waals surface area (Å²) in [5.74, 6) is 0.0913. The van der Waals surface area contributed by atoms with Gasteiger partial charge in [-0.05, 0) is 35.9 Å². The van der Waals surface area contributed by atoms with Crippen LogP contribution >= 0.6 is 0 Å². The van der Waals surface area contributed by atoms with Crippen molar-refractivity contribution in [1.82, 2.24) is 34.0 Å². The number of amides is 1. The van der Waals surface area contributed by atoms with Gasteiger partial charge < -0.3 is 19.5 Å². The van der Waals surface area contributed by atoms with E-state index in [0.717, 1.165) is 16.6 Å². The minimum absolute atomic E-state index is 0.219. The first kappa shape index (κ1) is 28.3. The highest BCUT2D eigenvalue weighted by atomic mass is 32.2. The number of piperazine rings is 1. The van der Waals surface area contributed by atoms with Crippen molar-refractivity contribution in [2.75, 3.05) is 36.0 Å². The minimum atomic E-state index is -3.92. The second kappa shape index (κ2) is 11.5. The van der Waals surface area contributed by atoms with E-state index in [9.17, 15) is 18.3 Å². The highest BCUT2D eigenvalue weighted by Gasteiger charge is 2.25. The van der Waals surface area contributed by atoms with Crippen molar-refractivity contribution < 1.29 is 18.3 Å². The second-order valence-corrected chi connectivity index (χ2v) is 12.5. The molecule has 1 saturated heterocycles. The number of hydrogen-bond acceptors (Lipinski definition) is 10. The number of phenols is 1. The highest BCUT2D eigenvalue weighted by Crippen LogP contribution is 2.27. The molecule has 0 atom stereocenters. The lowest BCUT2D eigenvalue weighted by Gasteiger charge is -2.36. The third kappa shape index (κ3) is 5.87. The zero-order chi connectivity index (χ0) is 31.0. The summed E-state index contributed by atoms with van der Waals surface area (Å²) in [5.41, 5.74) is 3.23. The summed E-state index contributed by atoms with van der Waals surface area (Å²) in [6, 6.07) is 23.5. The van der Waals surface area contributed by atoms with Crippen molar-refractivity contribution in [2.45, 2.75) is 12.3 Å². The fraction of sp³-hybridized carbons (Fsp3) is 0.194. The maximum atomic E-state index is 13.0. The largest absolute Gasteiger partial charge is 0.508 e. The molecule has 14 heteroatoms. The Morgan fingerprint density at radius 1 is 0.867 bits per heavy atom. The number of aromatic nitrogens is 6. The SMILES string of the molecule is O=C(Cn1cnc2c(-n3ncc4ccccc43)nc(N3CCN(c4ccc(O)cc4)CC3)nc21)NS(=O)(=O)Cc1ccccc1. The van der Waals surface area contributed by atoms with E-state index in [0.29, 0.717) is 54.7 Å². The Labute approximate surface area is 258 Å². The van der Waals surface area contributed by atoms with Crippen molar-refractivity contribution in [3.63, 3.8) is 0 Å². The summed E-state index contributed by atoms with van der Waals surface area (Å²) in [6.45, 7) is 2.34. The molecule has 228 valence electrons. The summed E-state index contributed by atoms with van der Waals surface area (Å²) in [4.78, 5) is 31.6. The number of carbonyl (C=O) groups excluding carboxylic acids is 1. The summed E-state index contributed by atoms with van der Waals surface area (Å²) in [7, 11) is -3.92. The van der Waals surface area contributed by atoms with Crippen molar-refractivity contribution in [3.8, 4) is 11.6 Å². The lowest BCUT2D eigenvalue weighted by molar-refractivity contribution is -0.119. The van der Waals surface area contributed by atoms with E-state index in [-0.39, 0.29) is 18.0 Å². The lowest BCUT2D eigenvalue weighted by atomic mass is 10.2. The predicted octanol–water partition coefficient (Wildman–Crippen LogP) is 2.84. The fourth-order valence-electron chi connectivity index (χ4n) is 5.48. The Morgan fingerprint density at radius 2 is 1.58 bits per heavy atom. The zero-order valence-electron chi connectivity index (χ0n) is 24.1. The summed E-state index contributed by atoms with van der Waals surface area (Å²) >= 11 is 0. The van der Waals surface area contributed by atoms with Gasteiger partial charge >= 0.3 is 0 Å². The number of hydrogen-bond donors (Lipinski definition) is 2. The Morgan fingerprint density at radius 3 is 2.36 bits per heavy atom. The molecule has 2 N–H and O–H groups in total. The van der Waals surface area contributed by atoms with Crippen molar-refractivity contribution in [2.24, 2.45) is 0 Å². The third-order valence-corrected chi connectivity index (χ3v) is 8.92. The molecule has 4 heterocycles. The Balaban J connectivity index is 1.20. The number of rotatable bonds is 8. The van der Waals surface area contributed by atoms with Crippen LogP contribution in [0.1, 0.15) is 5.56 Å². The Bertz CT molecular complexity index is 2100. The average molecular weight is 624 g/mol. The molecule has 0 aliphatic carbocycles. The van der Waals surface area contributed by atoms with Gasteiger partial charge in [-0.15, -0.1) is 0 Å². The Kier molecular flexibility index (Phi) is 7.25. The van der Waals surface area contributed by atoms with Crippen LogP contribution in [0.3, 0.4) is 0 Å². The van der Waals surface area contributed by atoms with Gasteiger partial charge in [-0.3, -0.25) is 9.52 Å². The zero-order valence-corrected chi connectivity index (χ0v) is 24.9. The molecule has 1 fully saturated rings. The molecule has 0 unspecified atom stereocenters. The first-order valence-electron chi connectivity index (χ1n) is 14.4. The molecule has 7 rings (SSSR count). The number of fused-ring (bicyclic) bond motifs is 2. The topological polar surface area (TPSA) is 151 Å². The average Bonchev–Trinajstić information content (AvgIpc) is 3.65. The quantitative estimate of drug-likeness (QED) is 0.259. The number of phenolic OH excluding ortho intramolecular Hbond substituents is 1. The van der Waals surface area contributed by atoms with Crippen LogP contribution in [-0.2, 0) is 27.1 Å². The van der Waals surface area contributed by atoms with E-state index in [1.165, 1.54) is 10.9 Å². The van der Waals surface area contributed by atoms with Crippen LogP contribution in [-0.4, -0.2) is 74.9 Å². The van der Waals surface area contributed by atoms with E-state index < -0.39 is 15.9 Å². The predicted molar refractivity (Wildman–Crippen MR) is 170 cm³/mol. The number of para-hydroxylation sites is 1. The van der Waals surface area contributed by atoms with Gasteiger partial charge in [-0.25, -0.2) is 18.1 Å². The molecule has 0 spiro atoms. The van der Waals surface area contributed by atoms with E-state index in [2.05, 4.69) is 24.6 Å². The standard InChI is InChI=1S/C31H29N9O4S/c41-25-12-10-24(11-13-25)37-14-16-38(17-15-37)31-34-29-28(30(35-31)40-26-9-5-4-8-23(26)18-33-40)32-21-39(29)19-27(42)36-45(43,44)20-22-6-2-1-3-7-22/h1-13,18,21,41H,14-17,19-20H2,(H,36,42). The van der Waals surface area contributed by atoms with Gasteiger partial charge in [0.1, 0.15) is 12.3 Å². The van der Waals surface area contributed by atoms with E-state index in [1.54, 1.807) is 53.3 Å². The molecule has 3 aromatic carbocycles. The first-order chi connectivity index (χ1) is 21.8. The Hall–Kier alpha value is -5.50. The van der Waals surface area contributed by atoms with Crippen LogP contribution in [0.25, 0.3) is 27.9 Å². The molecule has 1 aliphatic heterocycles. The second-order valence-electron chi connectivity index (χ2n) is 10.8. The van der Waals surface area contributed by atoms with E-state index in [1.807, 2.05) is 36.4 Å². The fourth-order valence-corrected chi connectivity index (χ4v) is 6.60. The van der Waals surface area contributed by atoms with Crippen LogP contribution in [0.2, 0.25) is 0 Å². The monoisotopic (exact) mass is 623 g/mol. The maximum absolute atomic E-state index is 13.0. The molecule has 0 bridgehead atoms. The van der Waals surface area contributed by atoms with Crippen LogP contribution in [0.4, 0.5) is 11.6 Å². The van der Waals surface area contributed by atoms with Crippen molar-refractivity contribution in [3.05, 3.63) is 97.0 Å². The number of sulfonamides is 1. The van der Waals surface area contributed by atoms with Gasteiger partial charge in [-0.2, -0.15) is 15.1 Å². The molecule has 1 aliphatic rings. The normalized spacial score (nSPS) is 13.9. The number of aromatic hydroxyl groups is 1. The van der Waals surface area contributed by atoms with Crippen molar-refractivity contribution in [1.29, 1.82) is 0 Å². The molecular weight excluding hydrogens is 594 g/mol. The van der Waals surface area contributed by atoms with Crippen LogP contribution < -0.4 is 14.5 Å². The van der Waals surface area contributed by atoms with Gasteiger partial charge in [0.15, 0.2) is 17.0 Å². The number of nitrogens with zero attached hydrogens (tertiary/aromatic N) is 8. The molecular formula is C31H29N9O4S. The number of carbonyl (C=O) groups is 1. The molecule has 1 amide bonds. The van der Waals surface area contributed by atoms with Crippen molar-refractivity contribution >= 4 is 49.6 Å². The van der Waals surface area contributed by atoms with E-state index in [4.69, 9.17) is 9.97 Å². The smallest absolute Gasteiger partial charge is 0.253 e. The molecule has 3 aromatic heterocycles. The minimum Gasteiger partial charge on any atom is -0.508 e. The van der Waals surface area contributed by atoms with Gasteiger partial charge in [0.05, 0.1) is 23.8 Å². The van der Waals surface area contributed by atoms with Gasteiger partial charge in [0, 0.05) is 37.3 Å². The van der Waals surface area contributed by atoms with Gasteiger partial charge in [0.25, 0.3) is 5.91 Å². The number of nitrogens with one attached hydrogen (secondary N) is 1. The van der Waals surface area contributed by atoms with E-state index >= 15 is 0 Å². The van der Waals surface area contributed by atoms with Crippen LogP contribution in [0, 0.1) is 0 Å². The lowest BCUT2D eigenvalue weighted by Crippen LogP contribution is -2.47. The highest BCUT2D eigenvalue weighted by molar-refractivity contribution is 7.89. The maximum Gasteiger partial charge on any atom is 0.253 e. The van der Waals surface area contributed by atoms with Crippen LogP contribution in [0.15, 0.2) is 91.4 Å². The molecule has 6 aromatic rings. The molecule has 0 saturated carbocycles. The molecule has 45 heavy (non-hydrogen) atoms. The summed E-state index contributed by atoms with van der Waals surface area (Å²) < 4.78 is 30.8. The molecule has 0 radical (unpaired) electrons. The molecule has 13 nitrogen and oxygen atoms in total. The summed E-state index contributed by atoms with van der Waals surface area (Å²) in [6.07, 6.45) is 3.21. The van der Waals surface area contributed by atoms with Gasteiger partial charge in [-0.1, -0.05) is 48.5 Å². The first-order valence-corrected chi connectivity index (χ1v) is 16.0. The summed E-state index contributed by atoms with van der Waals surface area (Å²) in [5, 5.41) is 15.2. The third-order valence-electron chi connectivity index (χ3n) is 7.67. The number of benzene rings is 3. The van der Waals surface area contributed by atoms with Gasteiger partial charge in [0.2, 0.25) is 16.0 Å².